The number of hydrogen-bond acceptors (Lipinski definition) is 4. The van der Waals surface area contributed by atoms with Crippen molar-refractivity contribution in [2.45, 2.75) is 25.3 Å². The molecule has 0 aliphatic heterocycles. The molecule has 0 saturated carbocycles. The highest BCUT2D eigenvalue weighted by Crippen LogP contribution is 2.40. The molecule has 160 valence electrons. The highest BCUT2D eigenvalue weighted by Gasteiger charge is 2.46. The molecule has 0 aliphatic rings. The molecule has 0 atom stereocenters. The first-order valence-electron chi connectivity index (χ1n) is 8.61. The van der Waals surface area contributed by atoms with Crippen molar-refractivity contribution in [2.24, 2.45) is 0 Å². The number of rotatable bonds is 6. The summed E-state index contributed by atoms with van der Waals surface area (Å²) in [6, 6.07) is 6.29. The average Bonchev–Trinajstić information content (AvgIpc) is 3.15. The highest BCUT2D eigenvalue weighted by atomic mass is 79.9. The monoisotopic (exact) mass is 522 g/mol. The fourth-order valence-electron chi connectivity index (χ4n) is 2.66. The molecule has 1 aromatic carbocycles. The first-order valence-corrected chi connectivity index (χ1v) is 11.3. The Hall–Kier alpha value is -2.11. The number of sulfonamides is 1. The van der Waals surface area contributed by atoms with Gasteiger partial charge in [-0.05, 0) is 46.6 Å². The minimum absolute atomic E-state index is 0.0222. The number of H-pyrrole nitrogens is 1. The molecule has 0 aliphatic carbocycles. The Kier molecular flexibility index (Phi) is 6.44. The van der Waals surface area contributed by atoms with Gasteiger partial charge in [-0.1, -0.05) is 24.9 Å². The lowest BCUT2D eigenvalue weighted by Crippen LogP contribution is -2.30. The van der Waals surface area contributed by atoms with Crippen LogP contribution < -0.4 is 4.72 Å². The Bertz CT molecular complexity index is 1180. The first kappa shape index (κ1) is 22.6. The lowest BCUT2D eigenvalue weighted by atomic mass is 10.1. The quantitative estimate of drug-likeness (QED) is 0.429. The first-order chi connectivity index (χ1) is 14.0. The molecule has 2 heterocycles. The van der Waals surface area contributed by atoms with Crippen molar-refractivity contribution in [1.82, 2.24) is 15.0 Å². The Morgan fingerprint density at radius 3 is 2.63 bits per heavy atom. The Morgan fingerprint density at radius 1 is 1.23 bits per heavy atom. The van der Waals surface area contributed by atoms with Crippen LogP contribution in [0, 0.1) is 0 Å². The van der Waals surface area contributed by atoms with Gasteiger partial charge >= 0.3 is 15.5 Å². The number of aryl methyl sites for hydroxylation is 1. The predicted octanol–water partition coefficient (Wildman–Crippen LogP) is 5.77. The smallest absolute Gasteiger partial charge is 0.338 e. The number of nitrogens with zero attached hydrogens (tertiary/aromatic N) is 2. The van der Waals surface area contributed by atoms with Crippen LogP contribution >= 0.6 is 27.5 Å². The highest BCUT2D eigenvalue weighted by molar-refractivity contribution is 9.10. The number of aromatic nitrogens is 3. The predicted molar refractivity (Wildman–Crippen MR) is 113 cm³/mol. The van der Waals surface area contributed by atoms with Gasteiger partial charge in [0.25, 0.3) is 0 Å². The maximum Gasteiger partial charge on any atom is 0.516 e. The van der Waals surface area contributed by atoms with Crippen molar-refractivity contribution in [3.05, 3.63) is 51.8 Å². The van der Waals surface area contributed by atoms with Crippen molar-refractivity contribution in [3.8, 4) is 22.6 Å². The van der Waals surface area contributed by atoms with E-state index >= 15 is 0 Å². The lowest BCUT2D eigenvalue weighted by Gasteiger charge is -2.14. The maximum atomic E-state index is 12.6. The summed E-state index contributed by atoms with van der Waals surface area (Å²) in [7, 11) is -5.57. The molecular formula is C18H15BrClF3N4O2S. The number of halogens is 5. The zero-order chi connectivity index (χ0) is 22.1. The summed E-state index contributed by atoms with van der Waals surface area (Å²) in [4.78, 5) is 11.7. The van der Waals surface area contributed by atoms with E-state index in [4.69, 9.17) is 11.6 Å². The third-order valence-electron chi connectivity index (χ3n) is 4.09. The van der Waals surface area contributed by atoms with Gasteiger partial charge in [0.05, 0.1) is 27.1 Å². The fourth-order valence-corrected chi connectivity index (χ4v) is 4.08. The van der Waals surface area contributed by atoms with E-state index in [0.29, 0.717) is 17.1 Å². The summed E-state index contributed by atoms with van der Waals surface area (Å²) >= 11 is 9.33. The van der Waals surface area contributed by atoms with Crippen molar-refractivity contribution >= 4 is 43.2 Å². The summed E-state index contributed by atoms with van der Waals surface area (Å²) in [6.07, 6.45) is 5.00. The molecule has 3 aromatic rings. The number of hydrogen-bond donors (Lipinski definition) is 2. The third-order valence-corrected chi connectivity index (χ3v) is 6.64. The van der Waals surface area contributed by atoms with Gasteiger partial charge in [0.1, 0.15) is 5.82 Å². The number of nitrogens with one attached hydrogen (secondary N) is 2. The number of aromatic amines is 1. The molecule has 12 heteroatoms. The minimum Gasteiger partial charge on any atom is -0.338 e. The molecule has 0 spiro atoms. The Labute approximate surface area is 184 Å². The van der Waals surface area contributed by atoms with Crippen molar-refractivity contribution < 1.29 is 21.6 Å². The molecule has 0 unspecified atom stereocenters. The van der Waals surface area contributed by atoms with Gasteiger partial charge in [-0.3, -0.25) is 9.71 Å². The molecule has 3 rings (SSSR count). The van der Waals surface area contributed by atoms with Crippen LogP contribution in [0.4, 0.5) is 18.9 Å². The summed E-state index contributed by atoms with van der Waals surface area (Å²) in [5.74, 6) is 0.568. The molecule has 6 nitrogen and oxygen atoms in total. The largest absolute Gasteiger partial charge is 0.516 e. The normalized spacial score (nSPS) is 12.2. The lowest BCUT2D eigenvalue weighted by molar-refractivity contribution is -0.0429. The van der Waals surface area contributed by atoms with Crippen LogP contribution in [0.5, 0.6) is 0 Å². The maximum absolute atomic E-state index is 12.6. The van der Waals surface area contributed by atoms with Crippen molar-refractivity contribution in [1.29, 1.82) is 0 Å². The summed E-state index contributed by atoms with van der Waals surface area (Å²) in [6.45, 7) is 2.05. The summed E-state index contributed by atoms with van der Waals surface area (Å²) in [5, 5.41) is 0.0222. The molecular weight excluding hydrogens is 509 g/mol. The zero-order valence-corrected chi connectivity index (χ0v) is 18.5. The number of alkyl halides is 3. The number of benzene rings is 1. The van der Waals surface area contributed by atoms with E-state index in [2.05, 4.69) is 37.8 Å². The van der Waals surface area contributed by atoms with Gasteiger partial charge < -0.3 is 4.98 Å². The molecule has 0 amide bonds. The Morgan fingerprint density at radius 2 is 1.97 bits per heavy atom. The van der Waals surface area contributed by atoms with Crippen LogP contribution in [0.25, 0.3) is 22.6 Å². The van der Waals surface area contributed by atoms with Crippen molar-refractivity contribution in [2.75, 3.05) is 4.72 Å². The van der Waals surface area contributed by atoms with E-state index in [0.717, 1.165) is 24.1 Å². The van der Waals surface area contributed by atoms with Gasteiger partial charge in [0, 0.05) is 23.0 Å². The number of imidazole rings is 1. The second-order valence-corrected chi connectivity index (χ2v) is 9.12. The van der Waals surface area contributed by atoms with Crippen LogP contribution in [0.2, 0.25) is 5.02 Å². The molecule has 0 bridgehead atoms. The number of anilines is 1. The molecule has 0 radical (unpaired) electrons. The van der Waals surface area contributed by atoms with Crippen molar-refractivity contribution in [3.63, 3.8) is 0 Å². The molecule has 2 N–H and O–H groups in total. The van der Waals surface area contributed by atoms with Crippen LogP contribution in [-0.4, -0.2) is 28.9 Å². The van der Waals surface area contributed by atoms with Gasteiger partial charge in [0.15, 0.2) is 0 Å². The van der Waals surface area contributed by atoms with E-state index in [-0.39, 0.29) is 15.2 Å². The molecule has 30 heavy (non-hydrogen) atoms. The van der Waals surface area contributed by atoms with E-state index in [1.165, 1.54) is 23.1 Å². The summed E-state index contributed by atoms with van der Waals surface area (Å²) < 4.78 is 62.0. The van der Waals surface area contributed by atoms with E-state index in [1.54, 1.807) is 12.3 Å². The summed E-state index contributed by atoms with van der Waals surface area (Å²) in [5.41, 5.74) is -3.09. The molecule has 0 saturated heterocycles. The second kappa shape index (κ2) is 8.56. The number of pyridine rings is 1. The molecule has 0 fully saturated rings. The van der Waals surface area contributed by atoms with Crippen LogP contribution in [0.15, 0.2) is 41.1 Å². The standard InChI is InChI=1S/C18H15BrClF3N4O2S/c1-2-3-11-8-10(6-7-24-11)17-25-9-14(26-17)12-4-5-13(15(19)16(12)20)27-30(28,29)18(21,22)23/h4-9,27H,2-3H2,1H3,(H,25,26). The van der Waals surface area contributed by atoms with Gasteiger partial charge in [-0.25, -0.2) is 4.98 Å². The Balaban J connectivity index is 1.93. The van der Waals surface area contributed by atoms with Gasteiger partial charge in [-0.2, -0.15) is 21.6 Å². The minimum atomic E-state index is -5.57. The third kappa shape index (κ3) is 4.62. The van der Waals surface area contributed by atoms with Gasteiger partial charge in [0.2, 0.25) is 0 Å². The average molecular weight is 524 g/mol. The molecule has 2 aromatic heterocycles. The SMILES string of the molecule is CCCc1cc(-c2ncc(-c3ccc(NS(=O)(=O)C(F)(F)F)c(Br)c3Cl)[nH]2)ccn1. The van der Waals surface area contributed by atoms with E-state index in [1.807, 2.05) is 6.07 Å². The van der Waals surface area contributed by atoms with E-state index in [9.17, 15) is 21.6 Å². The fraction of sp³-hybridized carbons (Fsp3) is 0.222. The van der Waals surface area contributed by atoms with Crippen LogP contribution in [0.3, 0.4) is 0 Å². The van der Waals surface area contributed by atoms with Crippen LogP contribution in [-0.2, 0) is 16.4 Å². The van der Waals surface area contributed by atoms with Gasteiger partial charge in [-0.15, -0.1) is 0 Å². The van der Waals surface area contributed by atoms with E-state index < -0.39 is 15.5 Å². The zero-order valence-electron chi connectivity index (χ0n) is 15.4. The topological polar surface area (TPSA) is 87.7 Å². The second-order valence-electron chi connectivity index (χ2n) is 6.27. The van der Waals surface area contributed by atoms with Crippen LogP contribution in [0.1, 0.15) is 19.0 Å².